The van der Waals surface area contributed by atoms with Crippen LogP contribution in [-0.2, 0) is 16.1 Å². The quantitative estimate of drug-likeness (QED) is 0.342. The van der Waals surface area contributed by atoms with Crippen molar-refractivity contribution in [2.75, 3.05) is 25.1 Å². The molecule has 0 bridgehead atoms. The fraction of sp³-hybridized carbons (Fsp3) is 0.269. The van der Waals surface area contributed by atoms with Crippen molar-refractivity contribution >= 4 is 34.0 Å². The number of nitrogens with zero attached hydrogens (tertiary/aromatic N) is 3. The summed E-state index contributed by atoms with van der Waals surface area (Å²) < 4.78 is 25.1. The lowest BCUT2D eigenvalue weighted by atomic mass is 10.0. The van der Waals surface area contributed by atoms with Crippen LogP contribution in [-0.4, -0.2) is 34.8 Å². The molecule has 4 aromatic rings. The summed E-state index contributed by atoms with van der Waals surface area (Å²) >= 11 is 5.99. The molecule has 34 heavy (non-hydrogen) atoms. The Balaban J connectivity index is 1.45. The zero-order valence-electron chi connectivity index (χ0n) is 18.5. The van der Waals surface area contributed by atoms with Crippen molar-refractivity contribution in [3.63, 3.8) is 0 Å². The highest BCUT2D eigenvalue weighted by atomic mass is 35.5. The maximum Gasteiger partial charge on any atom is 0.163 e. The van der Waals surface area contributed by atoms with Gasteiger partial charge in [-0.15, -0.1) is 0 Å². The number of anilines is 2. The van der Waals surface area contributed by atoms with Crippen molar-refractivity contribution in [2.45, 2.75) is 19.4 Å². The number of halogens is 2. The molecule has 1 aliphatic heterocycles. The van der Waals surface area contributed by atoms with Gasteiger partial charge in [-0.05, 0) is 66.8 Å². The van der Waals surface area contributed by atoms with Crippen LogP contribution in [0, 0.1) is 11.7 Å². The molecule has 1 saturated heterocycles. The molecule has 2 aromatic carbocycles. The van der Waals surface area contributed by atoms with E-state index in [4.69, 9.17) is 31.0 Å². The monoisotopic (exact) mass is 478 g/mol. The molecule has 1 fully saturated rings. The standard InChI is InChI=1S/C26H24ClFN4O2/c27-22-13-20(4-5-23(22)28)30-26-21-12-18(16-34-15-17-7-10-33-11-8-17)3-6-24(21)31-25(32-26)19-2-1-9-29-14-19/h1-6,9,12-14,17H,7-8,10-11,15-16H2,(H,30,31,32). The topological polar surface area (TPSA) is 69.2 Å². The summed E-state index contributed by atoms with van der Waals surface area (Å²) in [5.74, 6) is 1.21. The van der Waals surface area contributed by atoms with Crippen LogP contribution in [0.2, 0.25) is 5.02 Å². The second-order valence-corrected chi connectivity index (χ2v) is 8.72. The van der Waals surface area contributed by atoms with Gasteiger partial charge in [-0.3, -0.25) is 4.98 Å². The first-order valence-electron chi connectivity index (χ1n) is 11.2. The Kier molecular flexibility index (Phi) is 6.94. The fourth-order valence-corrected chi connectivity index (χ4v) is 4.13. The van der Waals surface area contributed by atoms with Crippen molar-refractivity contribution in [3.8, 4) is 11.4 Å². The third-order valence-electron chi connectivity index (χ3n) is 5.83. The van der Waals surface area contributed by atoms with E-state index in [0.29, 0.717) is 29.9 Å². The molecule has 3 heterocycles. The summed E-state index contributed by atoms with van der Waals surface area (Å²) in [6.07, 6.45) is 5.50. The van der Waals surface area contributed by atoms with E-state index >= 15 is 0 Å². The number of nitrogens with one attached hydrogen (secondary N) is 1. The molecule has 0 radical (unpaired) electrons. The number of hydrogen-bond acceptors (Lipinski definition) is 6. The van der Waals surface area contributed by atoms with Gasteiger partial charge in [-0.1, -0.05) is 17.7 Å². The van der Waals surface area contributed by atoms with Crippen LogP contribution >= 0.6 is 11.6 Å². The van der Waals surface area contributed by atoms with Crippen molar-refractivity contribution in [2.24, 2.45) is 5.92 Å². The van der Waals surface area contributed by atoms with Gasteiger partial charge in [0, 0.05) is 42.2 Å². The van der Waals surface area contributed by atoms with Crippen molar-refractivity contribution < 1.29 is 13.9 Å². The second kappa shape index (κ2) is 10.4. The normalized spacial score (nSPS) is 14.4. The SMILES string of the molecule is Fc1ccc(Nc2nc(-c3cccnc3)nc3ccc(COCC4CCOCC4)cc23)cc1Cl. The smallest absolute Gasteiger partial charge is 0.163 e. The molecule has 5 rings (SSSR count). The minimum atomic E-state index is -0.472. The molecule has 2 aromatic heterocycles. The molecule has 6 nitrogen and oxygen atoms in total. The highest BCUT2D eigenvalue weighted by Gasteiger charge is 2.15. The average Bonchev–Trinajstić information content (AvgIpc) is 2.87. The molecular weight excluding hydrogens is 455 g/mol. The van der Waals surface area contributed by atoms with Crippen molar-refractivity contribution in [1.82, 2.24) is 15.0 Å². The van der Waals surface area contributed by atoms with E-state index in [2.05, 4.69) is 10.3 Å². The average molecular weight is 479 g/mol. The van der Waals surface area contributed by atoms with Gasteiger partial charge < -0.3 is 14.8 Å². The minimum absolute atomic E-state index is 0.0399. The number of fused-ring (bicyclic) bond motifs is 1. The van der Waals surface area contributed by atoms with Gasteiger partial charge in [0.1, 0.15) is 11.6 Å². The maximum absolute atomic E-state index is 13.7. The Labute approximate surface area is 202 Å². The van der Waals surface area contributed by atoms with Crippen molar-refractivity contribution in [1.29, 1.82) is 0 Å². The molecule has 0 saturated carbocycles. The summed E-state index contributed by atoms with van der Waals surface area (Å²) in [6, 6.07) is 14.2. The van der Waals surface area contributed by atoms with Gasteiger partial charge in [0.05, 0.1) is 23.8 Å². The number of hydrogen-bond donors (Lipinski definition) is 1. The Morgan fingerprint density at radius 1 is 1.09 bits per heavy atom. The zero-order chi connectivity index (χ0) is 23.3. The number of pyridine rings is 1. The van der Waals surface area contributed by atoms with Crippen LogP contribution in [0.5, 0.6) is 0 Å². The summed E-state index contributed by atoms with van der Waals surface area (Å²) in [5.41, 5.74) is 3.23. The lowest BCUT2D eigenvalue weighted by Crippen LogP contribution is -2.20. The van der Waals surface area contributed by atoms with E-state index in [1.165, 1.54) is 12.1 Å². The molecule has 0 atom stereocenters. The van der Waals surface area contributed by atoms with E-state index in [9.17, 15) is 4.39 Å². The third kappa shape index (κ3) is 5.33. The summed E-state index contributed by atoms with van der Waals surface area (Å²) in [4.78, 5) is 13.7. The summed E-state index contributed by atoms with van der Waals surface area (Å²) in [6.45, 7) is 2.84. The first-order chi connectivity index (χ1) is 16.7. The van der Waals surface area contributed by atoms with Gasteiger partial charge in [0.2, 0.25) is 0 Å². The first-order valence-corrected chi connectivity index (χ1v) is 11.6. The molecule has 174 valence electrons. The van der Waals surface area contributed by atoms with E-state index in [-0.39, 0.29) is 5.02 Å². The summed E-state index contributed by atoms with van der Waals surface area (Å²) in [7, 11) is 0. The fourth-order valence-electron chi connectivity index (χ4n) is 3.95. The number of benzene rings is 2. The lowest BCUT2D eigenvalue weighted by Gasteiger charge is -2.21. The van der Waals surface area contributed by atoms with E-state index in [1.54, 1.807) is 18.5 Å². The van der Waals surface area contributed by atoms with E-state index < -0.39 is 5.82 Å². The van der Waals surface area contributed by atoms with Crippen LogP contribution in [0.3, 0.4) is 0 Å². The third-order valence-corrected chi connectivity index (χ3v) is 6.12. The van der Waals surface area contributed by atoms with Crippen LogP contribution in [0.1, 0.15) is 18.4 Å². The predicted octanol–water partition coefficient (Wildman–Crippen LogP) is 6.17. The second-order valence-electron chi connectivity index (χ2n) is 8.31. The Morgan fingerprint density at radius 2 is 1.97 bits per heavy atom. The van der Waals surface area contributed by atoms with Gasteiger partial charge in [-0.25, -0.2) is 14.4 Å². The summed E-state index contributed by atoms with van der Waals surface area (Å²) in [5, 5.41) is 4.16. The minimum Gasteiger partial charge on any atom is -0.381 e. The molecule has 0 unspecified atom stereocenters. The van der Waals surface area contributed by atoms with E-state index in [0.717, 1.165) is 54.7 Å². The number of ether oxygens (including phenoxy) is 2. The highest BCUT2D eigenvalue weighted by Crippen LogP contribution is 2.30. The Hall–Kier alpha value is -3.13. The Bertz CT molecular complexity index is 1280. The van der Waals surface area contributed by atoms with Gasteiger partial charge in [0.15, 0.2) is 5.82 Å². The number of aromatic nitrogens is 3. The zero-order valence-corrected chi connectivity index (χ0v) is 19.3. The molecule has 0 spiro atoms. The van der Waals surface area contributed by atoms with Gasteiger partial charge in [0.25, 0.3) is 0 Å². The molecule has 8 heteroatoms. The van der Waals surface area contributed by atoms with Gasteiger partial charge in [-0.2, -0.15) is 0 Å². The molecule has 1 aliphatic rings. The maximum atomic E-state index is 13.7. The van der Waals surface area contributed by atoms with Crippen LogP contribution in [0.25, 0.3) is 22.3 Å². The van der Waals surface area contributed by atoms with Crippen molar-refractivity contribution in [3.05, 3.63) is 77.3 Å². The first kappa shape index (κ1) is 22.7. The van der Waals surface area contributed by atoms with E-state index in [1.807, 2.05) is 30.3 Å². The predicted molar refractivity (Wildman–Crippen MR) is 131 cm³/mol. The van der Waals surface area contributed by atoms with Crippen LogP contribution in [0.4, 0.5) is 15.9 Å². The van der Waals surface area contributed by atoms with Crippen LogP contribution < -0.4 is 5.32 Å². The van der Waals surface area contributed by atoms with Crippen LogP contribution in [0.15, 0.2) is 60.9 Å². The van der Waals surface area contributed by atoms with Gasteiger partial charge >= 0.3 is 0 Å². The highest BCUT2D eigenvalue weighted by molar-refractivity contribution is 6.31. The molecule has 0 amide bonds. The molecule has 0 aliphatic carbocycles. The molecule has 1 N–H and O–H groups in total. The lowest BCUT2D eigenvalue weighted by molar-refractivity contribution is 0.0157. The largest absolute Gasteiger partial charge is 0.381 e. The molecular formula is C26H24ClFN4O2. The Morgan fingerprint density at radius 3 is 2.76 bits per heavy atom. The number of rotatable bonds is 7.